The number of aromatic nitrogens is 1. The summed E-state index contributed by atoms with van der Waals surface area (Å²) in [5.74, 6) is 0.580. The molecule has 1 N–H and O–H groups in total. The molecule has 0 aliphatic carbocycles. The van der Waals surface area contributed by atoms with Gasteiger partial charge in [0.2, 0.25) is 0 Å². The average molecular weight is 367 g/mol. The molecule has 0 radical (unpaired) electrons. The summed E-state index contributed by atoms with van der Waals surface area (Å²) < 4.78 is 5.34. The number of nitrogens with one attached hydrogen (secondary N) is 1. The number of likely N-dealkylation sites (tertiary alicyclic amines) is 1. The van der Waals surface area contributed by atoms with Gasteiger partial charge in [0, 0.05) is 30.6 Å². The van der Waals surface area contributed by atoms with E-state index >= 15 is 0 Å². The highest BCUT2D eigenvalue weighted by atomic mass is 32.1. The molecule has 3 heterocycles. The van der Waals surface area contributed by atoms with Gasteiger partial charge in [-0.2, -0.15) is 0 Å². The van der Waals surface area contributed by atoms with Crippen molar-refractivity contribution in [2.75, 3.05) is 13.1 Å². The standard InChI is InChI=1S/C20H21N3O2S/c1-14(15-6-3-2-4-7-15)23-10-9-16(12-23)21-19(24)17-13-26-20(22-17)18-8-5-11-25-18/h2-8,11,13-14,16H,9-10,12H2,1H3,(H,21,24)/t14-,16+/m1/s1. The second kappa shape index (κ2) is 7.43. The topological polar surface area (TPSA) is 58.4 Å². The van der Waals surface area contributed by atoms with Crippen LogP contribution in [-0.4, -0.2) is 34.9 Å². The van der Waals surface area contributed by atoms with Crippen molar-refractivity contribution in [2.45, 2.75) is 25.4 Å². The molecule has 134 valence electrons. The van der Waals surface area contributed by atoms with Crippen LogP contribution in [0.1, 0.15) is 35.4 Å². The van der Waals surface area contributed by atoms with Gasteiger partial charge < -0.3 is 9.73 Å². The van der Waals surface area contributed by atoms with Crippen molar-refractivity contribution in [3.05, 3.63) is 65.4 Å². The van der Waals surface area contributed by atoms with Crippen LogP contribution < -0.4 is 5.32 Å². The van der Waals surface area contributed by atoms with Gasteiger partial charge in [0.1, 0.15) is 5.69 Å². The quantitative estimate of drug-likeness (QED) is 0.741. The van der Waals surface area contributed by atoms with E-state index < -0.39 is 0 Å². The van der Waals surface area contributed by atoms with Crippen molar-refractivity contribution in [3.63, 3.8) is 0 Å². The van der Waals surface area contributed by atoms with Crippen LogP contribution >= 0.6 is 11.3 Å². The molecule has 1 aliphatic rings. The predicted octanol–water partition coefficient (Wildman–Crippen LogP) is 3.97. The Kier molecular flexibility index (Phi) is 4.86. The van der Waals surface area contributed by atoms with Crippen molar-refractivity contribution >= 4 is 17.2 Å². The van der Waals surface area contributed by atoms with Crippen molar-refractivity contribution in [3.8, 4) is 10.8 Å². The van der Waals surface area contributed by atoms with E-state index in [4.69, 9.17) is 4.42 Å². The van der Waals surface area contributed by atoms with E-state index in [2.05, 4.69) is 46.4 Å². The van der Waals surface area contributed by atoms with Crippen LogP contribution in [0.4, 0.5) is 0 Å². The molecule has 5 nitrogen and oxygen atoms in total. The Morgan fingerprint density at radius 2 is 2.15 bits per heavy atom. The number of benzene rings is 1. The van der Waals surface area contributed by atoms with Gasteiger partial charge >= 0.3 is 0 Å². The number of hydrogen-bond acceptors (Lipinski definition) is 5. The van der Waals surface area contributed by atoms with Crippen LogP contribution in [0, 0.1) is 0 Å². The summed E-state index contributed by atoms with van der Waals surface area (Å²) in [6, 6.07) is 14.7. The van der Waals surface area contributed by atoms with Crippen LogP contribution in [0.5, 0.6) is 0 Å². The lowest BCUT2D eigenvalue weighted by molar-refractivity contribution is 0.0932. The lowest BCUT2D eigenvalue weighted by Gasteiger charge is -2.24. The van der Waals surface area contributed by atoms with E-state index in [1.165, 1.54) is 16.9 Å². The van der Waals surface area contributed by atoms with Crippen molar-refractivity contribution in [1.29, 1.82) is 0 Å². The third-order valence-electron chi connectivity index (χ3n) is 4.85. The molecule has 0 spiro atoms. The highest BCUT2D eigenvalue weighted by Crippen LogP contribution is 2.26. The van der Waals surface area contributed by atoms with Crippen molar-refractivity contribution in [1.82, 2.24) is 15.2 Å². The fraction of sp³-hybridized carbons (Fsp3) is 0.300. The molecule has 1 fully saturated rings. The summed E-state index contributed by atoms with van der Waals surface area (Å²) >= 11 is 1.42. The number of nitrogens with zero attached hydrogens (tertiary/aromatic N) is 2. The second-order valence-electron chi connectivity index (χ2n) is 6.56. The largest absolute Gasteiger partial charge is 0.462 e. The predicted molar refractivity (Wildman–Crippen MR) is 102 cm³/mol. The molecular formula is C20H21N3O2S. The van der Waals surface area contributed by atoms with E-state index in [-0.39, 0.29) is 11.9 Å². The molecule has 3 aromatic rings. The van der Waals surface area contributed by atoms with Gasteiger partial charge in [0.05, 0.1) is 6.26 Å². The number of amides is 1. The minimum atomic E-state index is -0.113. The molecular weight excluding hydrogens is 346 g/mol. The summed E-state index contributed by atoms with van der Waals surface area (Å²) in [6.07, 6.45) is 2.57. The molecule has 1 saturated heterocycles. The minimum absolute atomic E-state index is 0.113. The summed E-state index contributed by atoms with van der Waals surface area (Å²) in [4.78, 5) is 19.3. The van der Waals surface area contributed by atoms with Crippen LogP contribution in [0.2, 0.25) is 0 Å². The maximum absolute atomic E-state index is 12.5. The molecule has 4 rings (SSSR count). The zero-order valence-electron chi connectivity index (χ0n) is 14.6. The summed E-state index contributed by atoms with van der Waals surface area (Å²) in [7, 11) is 0. The van der Waals surface area contributed by atoms with Gasteiger partial charge in [-0.3, -0.25) is 9.69 Å². The second-order valence-corrected chi connectivity index (χ2v) is 7.41. The molecule has 0 saturated carbocycles. The maximum atomic E-state index is 12.5. The Hall–Kier alpha value is -2.44. The molecule has 26 heavy (non-hydrogen) atoms. The Morgan fingerprint density at radius 1 is 1.31 bits per heavy atom. The molecule has 0 bridgehead atoms. The van der Waals surface area contributed by atoms with Gasteiger partial charge in [0.25, 0.3) is 5.91 Å². The van der Waals surface area contributed by atoms with E-state index in [1.807, 2.05) is 18.2 Å². The highest BCUT2D eigenvalue weighted by Gasteiger charge is 2.28. The number of hydrogen-bond donors (Lipinski definition) is 1. The van der Waals surface area contributed by atoms with Gasteiger partial charge in [-0.1, -0.05) is 30.3 Å². The molecule has 1 aliphatic heterocycles. The van der Waals surface area contributed by atoms with Gasteiger partial charge in [-0.05, 0) is 31.0 Å². The Morgan fingerprint density at radius 3 is 2.92 bits per heavy atom. The Bertz CT molecular complexity index is 860. The number of carbonyl (C=O) groups excluding carboxylic acids is 1. The average Bonchev–Trinajstić information content (AvgIpc) is 3.41. The first-order chi connectivity index (χ1) is 12.7. The third-order valence-corrected chi connectivity index (χ3v) is 5.71. The molecule has 1 aromatic carbocycles. The molecule has 6 heteroatoms. The first kappa shape index (κ1) is 17.0. The monoisotopic (exact) mass is 367 g/mol. The van der Waals surface area contributed by atoms with E-state index in [0.717, 1.165) is 24.5 Å². The summed E-state index contributed by atoms with van der Waals surface area (Å²) in [5.41, 5.74) is 1.76. The van der Waals surface area contributed by atoms with E-state index in [9.17, 15) is 4.79 Å². The SMILES string of the molecule is C[C@H](c1ccccc1)N1CC[C@H](NC(=O)c2csc(-c3ccco3)n2)C1. The summed E-state index contributed by atoms with van der Waals surface area (Å²) in [5, 5.41) is 5.63. The van der Waals surface area contributed by atoms with Gasteiger partial charge in [0.15, 0.2) is 10.8 Å². The van der Waals surface area contributed by atoms with Crippen LogP contribution in [-0.2, 0) is 0 Å². The van der Waals surface area contributed by atoms with E-state index in [0.29, 0.717) is 17.5 Å². The number of carbonyl (C=O) groups is 1. The fourth-order valence-corrected chi connectivity index (χ4v) is 4.12. The van der Waals surface area contributed by atoms with Gasteiger partial charge in [-0.25, -0.2) is 4.98 Å². The Labute approximate surface area is 156 Å². The van der Waals surface area contributed by atoms with Crippen molar-refractivity contribution in [2.24, 2.45) is 0 Å². The smallest absolute Gasteiger partial charge is 0.271 e. The number of thiazole rings is 1. The van der Waals surface area contributed by atoms with Crippen LogP contribution in [0.3, 0.4) is 0 Å². The van der Waals surface area contributed by atoms with Crippen LogP contribution in [0.25, 0.3) is 10.8 Å². The molecule has 2 atom stereocenters. The van der Waals surface area contributed by atoms with E-state index in [1.54, 1.807) is 11.6 Å². The van der Waals surface area contributed by atoms with Crippen molar-refractivity contribution < 1.29 is 9.21 Å². The summed E-state index contributed by atoms with van der Waals surface area (Å²) in [6.45, 7) is 4.06. The molecule has 1 amide bonds. The fourth-order valence-electron chi connectivity index (χ4n) is 3.35. The number of furan rings is 1. The first-order valence-electron chi connectivity index (χ1n) is 8.80. The first-order valence-corrected chi connectivity index (χ1v) is 9.68. The normalized spacial score (nSPS) is 18.7. The zero-order chi connectivity index (χ0) is 17.9. The maximum Gasteiger partial charge on any atom is 0.271 e. The number of rotatable bonds is 5. The zero-order valence-corrected chi connectivity index (χ0v) is 15.4. The van der Waals surface area contributed by atoms with Crippen LogP contribution in [0.15, 0.2) is 58.5 Å². The lowest BCUT2D eigenvalue weighted by Crippen LogP contribution is -2.37. The Balaban J connectivity index is 1.36. The lowest BCUT2D eigenvalue weighted by atomic mass is 10.1. The molecule has 0 unspecified atom stereocenters. The highest BCUT2D eigenvalue weighted by molar-refractivity contribution is 7.13. The van der Waals surface area contributed by atoms with Gasteiger partial charge in [-0.15, -0.1) is 11.3 Å². The minimum Gasteiger partial charge on any atom is -0.462 e. The third kappa shape index (κ3) is 3.57. The molecule has 2 aromatic heterocycles.